The second-order valence-electron chi connectivity index (χ2n) is 4.98. The van der Waals surface area contributed by atoms with Gasteiger partial charge < -0.3 is 4.98 Å². The maximum absolute atomic E-state index is 12.8. The molecule has 1 N–H and O–H groups in total. The van der Waals surface area contributed by atoms with Crippen molar-refractivity contribution in [1.29, 1.82) is 0 Å². The first-order chi connectivity index (χ1) is 10.00. The molecule has 0 aromatic carbocycles. The van der Waals surface area contributed by atoms with Crippen LogP contribution in [0.2, 0.25) is 0 Å². The third kappa shape index (κ3) is 2.54. The molecule has 1 atom stereocenters. The predicted octanol–water partition coefficient (Wildman–Crippen LogP) is 1.67. The van der Waals surface area contributed by atoms with Crippen LogP contribution in [0.15, 0.2) is 33.5 Å². The third-order valence-electron chi connectivity index (χ3n) is 3.62. The summed E-state index contributed by atoms with van der Waals surface area (Å²) in [6.45, 7) is 2.09. The Hall–Kier alpha value is -1.51. The Morgan fingerprint density at radius 1 is 1.38 bits per heavy atom. The van der Waals surface area contributed by atoms with Gasteiger partial charge in [-0.2, -0.15) is 4.31 Å². The number of nitrogens with zero attached hydrogens (tertiary/aromatic N) is 2. The Kier molecular flexibility index (Phi) is 3.68. The van der Waals surface area contributed by atoms with E-state index >= 15 is 0 Å². The zero-order valence-corrected chi connectivity index (χ0v) is 13.1. The Labute approximate surface area is 126 Å². The van der Waals surface area contributed by atoms with E-state index in [0.717, 1.165) is 29.7 Å². The molecule has 1 unspecified atom stereocenters. The van der Waals surface area contributed by atoms with Gasteiger partial charge in [0.25, 0.3) is 10.0 Å². The van der Waals surface area contributed by atoms with Gasteiger partial charge >= 0.3 is 4.87 Å². The number of rotatable bonds is 3. The first-order valence-electron chi connectivity index (χ1n) is 6.61. The number of hydrogen-bond acceptors (Lipinski definition) is 5. The lowest BCUT2D eigenvalue weighted by molar-refractivity contribution is 0.397. The molecular formula is C13H15N3O3S2. The monoisotopic (exact) mass is 325 g/mol. The largest absolute Gasteiger partial charge is 0.315 e. The third-order valence-corrected chi connectivity index (χ3v) is 7.11. The Bertz CT molecular complexity index is 796. The fourth-order valence-electron chi connectivity index (χ4n) is 2.69. The highest BCUT2D eigenvalue weighted by atomic mass is 32.2. The van der Waals surface area contributed by atoms with Gasteiger partial charge in [0.1, 0.15) is 0 Å². The number of sulfonamides is 1. The van der Waals surface area contributed by atoms with Gasteiger partial charge in [0.15, 0.2) is 4.21 Å². The van der Waals surface area contributed by atoms with E-state index in [1.807, 2.05) is 12.1 Å². The minimum Gasteiger partial charge on any atom is -0.315 e. The van der Waals surface area contributed by atoms with E-state index in [2.05, 4.69) is 9.97 Å². The first kappa shape index (κ1) is 14.4. The summed E-state index contributed by atoms with van der Waals surface area (Å²) in [5.41, 5.74) is 1.34. The van der Waals surface area contributed by atoms with Crippen LogP contribution >= 0.6 is 11.3 Å². The van der Waals surface area contributed by atoms with Crippen LogP contribution in [0, 0.1) is 6.92 Å². The summed E-state index contributed by atoms with van der Waals surface area (Å²) >= 11 is 0.752. The van der Waals surface area contributed by atoms with Gasteiger partial charge in [-0.25, -0.2) is 8.42 Å². The quantitative estimate of drug-likeness (QED) is 0.930. The van der Waals surface area contributed by atoms with E-state index in [4.69, 9.17) is 0 Å². The highest BCUT2D eigenvalue weighted by Crippen LogP contribution is 2.37. The maximum atomic E-state index is 12.8. The molecule has 0 saturated carbocycles. The van der Waals surface area contributed by atoms with Gasteiger partial charge in [-0.3, -0.25) is 9.78 Å². The van der Waals surface area contributed by atoms with Gasteiger partial charge in [-0.05, 0) is 37.5 Å². The molecular weight excluding hydrogens is 310 g/mol. The highest BCUT2D eigenvalue weighted by molar-refractivity contribution is 7.91. The van der Waals surface area contributed by atoms with Crippen LogP contribution in [-0.2, 0) is 10.0 Å². The van der Waals surface area contributed by atoms with E-state index in [0.29, 0.717) is 12.2 Å². The molecule has 0 bridgehead atoms. The number of H-pyrrole nitrogens is 1. The number of nitrogens with one attached hydrogen (secondary N) is 1. The molecule has 2 aromatic heterocycles. The number of thiazole rings is 1. The molecule has 1 aliphatic rings. The van der Waals surface area contributed by atoms with Crippen molar-refractivity contribution in [1.82, 2.24) is 14.3 Å². The van der Waals surface area contributed by atoms with E-state index in [1.165, 1.54) is 4.31 Å². The summed E-state index contributed by atoms with van der Waals surface area (Å²) in [5, 5.41) is 0. The lowest BCUT2D eigenvalue weighted by Crippen LogP contribution is -2.30. The number of pyridine rings is 1. The van der Waals surface area contributed by atoms with Crippen molar-refractivity contribution in [2.75, 3.05) is 6.54 Å². The summed E-state index contributed by atoms with van der Waals surface area (Å²) < 4.78 is 27.2. The van der Waals surface area contributed by atoms with Crippen LogP contribution in [0.4, 0.5) is 0 Å². The normalized spacial score (nSPS) is 20.0. The molecule has 112 valence electrons. The number of aryl methyl sites for hydroxylation is 1. The molecule has 0 spiro atoms. The topological polar surface area (TPSA) is 83.1 Å². The van der Waals surface area contributed by atoms with Crippen molar-refractivity contribution in [2.24, 2.45) is 0 Å². The van der Waals surface area contributed by atoms with Gasteiger partial charge in [0.2, 0.25) is 0 Å². The van der Waals surface area contributed by atoms with Crippen LogP contribution in [0.3, 0.4) is 0 Å². The molecule has 0 amide bonds. The van der Waals surface area contributed by atoms with Crippen LogP contribution in [0.25, 0.3) is 0 Å². The lowest BCUT2D eigenvalue weighted by atomic mass is 10.1. The standard InChI is InChI=1S/C13H15N3O3S2/c1-9-12(20-13(17)15-9)21(18,19)16-8-2-3-11(16)10-4-6-14-7-5-10/h4-7,11H,2-3,8H2,1H3,(H,15,17). The molecule has 3 rings (SSSR count). The molecule has 1 saturated heterocycles. The van der Waals surface area contributed by atoms with Crippen molar-refractivity contribution in [3.63, 3.8) is 0 Å². The van der Waals surface area contributed by atoms with Crippen LogP contribution in [0.1, 0.15) is 30.1 Å². The van der Waals surface area contributed by atoms with Crippen LogP contribution < -0.4 is 4.87 Å². The van der Waals surface area contributed by atoms with E-state index < -0.39 is 10.0 Å². The smallest absolute Gasteiger partial charge is 0.305 e. The fourth-order valence-corrected chi connectivity index (χ4v) is 5.78. The molecule has 6 nitrogen and oxygen atoms in total. The zero-order chi connectivity index (χ0) is 15.0. The SMILES string of the molecule is Cc1[nH]c(=O)sc1S(=O)(=O)N1CCCC1c1ccncc1. The molecule has 8 heteroatoms. The fraction of sp³-hybridized carbons (Fsp3) is 0.385. The van der Waals surface area contributed by atoms with Crippen molar-refractivity contribution < 1.29 is 8.42 Å². The molecule has 1 aliphatic heterocycles. The second-order valence-corrected chi connectivity index (χ2v) is 8.05. The zero-order valence-electron chi connectivity index (χ0n) is 11.4. The minimum absolute atomic E-state index is 0.119. The van der Waals surface area contributed by atoms with Gasteiger partial charge in [0, 0.05) is 24.6 Å². The van der Waals surface area contributed by atoms with E-state index in [1.54, 1.807) is 19.3 Å². The molecule has 2 aromatic rings. The Morgan fingerprint density at radius 3 is 2.71 bits per heavy atom. The summed E-state index contributed by atoms with van der Waals surface area (Å²) in [5.74, 6) is 0. The molecule has 21 heavy (non-hydrogen) atoms. The molecule has 3 heterocycles. The summed E-state index contributed by atoms with van der Waals surface area (Å²) in [6.07, 6.45) is 4.92. The highest BCUT2D eigenvalue weighted by Gasteiger charge is 2.38. The second kappa shape index (κ2) is 5.36. The summed E-state index contributed by atoms with van der Waals surface area (Å²) in [7, 11) is -3.65. The van der Waals surface area contributed by atoms with Crippen molar-refractivity contribution in [3.8, 4) is 0 Å². The van der Waals surface area contributed by atoms with Crippen molar-refractivity contribution in [2.45, 2.75) is 30.0 Å². The van der Waals surface area contributed by atoms with Crippen LogP contribution in [0.5, 0.6) is 0 Å². The summed E-state index contributed by atoms with van der Waals surface area (Å²) in [6, 6.07) is 3.49. The number of hydrogen-bond donors (Lipinski definition) is 1. The maximum Gasteiger partial charge on any atom is 0.305 e. The summed E-state index contributed by atoms with van der Waals surface area (Å²) in [4.78, 5) is 17.6. The lowest BCUT2D eigenvalue weighted by Gasteiger charge is -2.23. The molecule has 0 radical (unpaired) electrons. The predicted molar refractivity (Wildman–Crippen MR) is 79.8 cm³/mol. The van der Waals surface area contributed by atoms with Gasteiger partial charge in [0.05, 0.1) is 6.04 Å². The van der Waals surface area contributed by atoms with E-state index in [-0.39, 0.29) is 15.1 Å². The molecule has 0 aliphatic carbocycles. The van der Waals surface area contributed by atoms with E-state index in [9.17, 15) is 13.2 Å². The number of aromatic nitrogens is 2. The first-order valence-corrected chi connectivity index (χ1v) is 8.87. The van der Waals surface area contributed by atoms with Gasteiger partial charge in [-0.1, -0.05) is 11.3 Å². The molecule has 1 fully saturated rings. The Balaban J connectivity index is 2.02. The minimum atomic E-state index is -3.65. The van der Waals surface area contributed by atoms with Crippen LogP contribution in [-0.4, -0.2) is 29.2 Å². The van der Waals surface area contributed by atoms with Gasteiger partial charge in [-0.15, -0.1) is 0 Å². The Morgan fingerprint density at radius 2 is 2.10 bits per heavy atom. The average Bonchev–Trinajstić information content (AvgIpc) is 3.07. The number of aromatic amines is 1. The average molecular weight is 325 g/mol. The van der Waals surface area contributed by atoms with Crippen molar-refractivity contribution in [3.05, 3.63) is 45.5 Å². The van der Waals surface area contributed by atoms with Crippen molar-refractivity contribution >= 4 is 21.4 Å².